The van der Waals surface area contributed by atoms with E-state index in [1.54, 1.807) is 0 Å². The Morgan fingerprint density at radius 1 is 1.46 bits per heavy atom. The Labute approximate surface area is 75.8 Å². The summed E-state index contributed by atoms with van der Waals surface area (Å²) in [5, 5.41) is 16.8. The molecule has 0 atom stereocenters. The van der Waals surface area contributed by atoms with Crippen molar-refractivity contribution >= 4 is 5.65 Å². The van der Waals surface area contributed by atoms with E-state index in [-0.39, 0.29) is 6.61 Å². The third-order valence-corrected chi connectivity index (χ3v) is 2.04. The number of pyridine rings is 1. The number of nitrogens with zero attached hydrogens (tertiary/aromatic N) is 3. The summed E-state index contributed by atoms with van der Waals surface area (Å²) in [6.07, 6.45) is 2.46. The zero-order chi connectivity index (χ0) is 9.26. The third-order valence-electron chi connectivity index (χ3n) is 2.04. The van der Waals surface area contributed by atoms with Crippen LogP contribution in [0.4, 0.5) is 0 Å². The van der Waals surface area contributed by atoms with E-state index in [2.05, 4.69) is 10.2 Å². The van der Waals surface area contributed by atoms with Crippen LogP contribution in [0.15, 0.2) is 18.3 Å². The molecule has 0 radical (unpaired) electrons. The lowest BCUT2D eigenvalue weighted by atomic mass is 10.3. The highest BCUT2D eigenvalue weighted by atomic mass is 16.3. The molecule has 2 heterocycles. The van der Waals surface area contributed by atoms with Crippen LogP contribution in [-0.2, 0) is 6.42 Å². The topological polar surface area (TPSA) is 50.4 Å². The summed E-state index contributed by atoms with van der Waals surface area (Å²) in [6, 6.07) is 3.94. The van der Waals surface area contributed by atoms with Crippen LogP contribution in [0.2, 0.25) is 0 Å². The second-order valence-corrected chi connectivity index (χ2v) is 2.97. The van der Waals surface area contributed by atoms with Crippen molar-refractivity contribution in [3.63, 3.8) is 0 Å². The van der Waals surface area contributed by atoms with Gasteiger partial charge in [-0.1, -0.05) is 6.07 Å². The van der Waals surface area contributed by atoms with Gasteiger partial charge in [0, 0.05) is 12.6 Å². The summed E-state index contributed by atoms with van der Waals surface area (Å²) in [7, 11) is 0. The van der Waals surface area contributed by atoms with Crippen molar-refractivity contribution in [2.75, 3.05) is 6.61 Å². The van der Waals surface area contributed by atoms with Crippen molar-refractivity contribution in [2.45, 2.75) is 13.3 Å². The molecule has 0 spiro atoms. The Balaban J connectivity index is 2.61. The van der Waals surface area contributed by atoms with Gasteiger partial charge in [-0.25, -0.2) is 0 Å². The highest BCUT2D eigenvalue weighted by molar-refractivity contribution is 5.46. The van der Waals surface area contributed by atoms with E-state index in [9.17, 15) is 0 Å². The van der Waals surface area contributed by atoms with Crippen LogP contribution in [0.5, 0.6) is 0 Å². The molecule has 1 N–H and O–H groups in total. The molecule has 0 amide bonds. The van der Waals surface area contributed by atoms with E-state index in [0.717, 1.165) is 17.0 Å². The first kappa shape index (κ1) is 8.19. The summed E-state index contributed by atoms with van der Waals surface area (Å²) in [4.78, 5) is 0. The molecule has 0 aromatic carbocycles. The maximum absolute atomic E-state index is 8.79. The van der Waals surface area contributed by atoms with Crippen molar-refractivity contribution < 1.29 is 5.11 Å². The van der Waals surface area contributed by atoms with Gasteiger partial charge in [0.2, 0.25) is 0 Å². The second kappa shape index (κ2) is 3.14. The second-order valence-electron chi connectivity index (χ2n) is 2.97. The predicted octanol–water partition coefficient (Wildman–Crippen LogP) is 0.573. The Hall–Kier alpha value is -1.42. The number of aliphatic hydroxyl groups excluding tert-OH is 1. The minimum atomic E-state index is 0.106. The quantitative estimate of drug-likeness (QED) is 0.729. The van der Waals surface area contributed by atoms with Crippen LogP contribution < -0.4 is 0 Å². The number of hydrogen-bond acceptors (Lipinski definition) is 3. The Kier molecular flexibility index (Phi) is 1.98. The summed E-state index contributed by atoms with van der Waals surface area (Å²) < 4.78 is 1.91. The van der Waals surface area contributed by atoms with Gasteiger partial charge in [0.15, 0.2) is 5.65 Å². The molecular formula is C9H11N3O. The molecule has 0 bridgehead atoms. The smallest absolute Gasteiger partial charge is 0.163 e. The monoisotopic (exact) mass is 177 g/mol. The van der Waals surface area contributed by atoms with Crippen LogP contribution in [0.3, 0.4) is 0 Å². The fourth-order valence-electron chi connectivity index (χ4n) is 1.37. The van der Waals surface area contributed by atoms with Crippen LogP contribution in [0.1, 0.15) is 11.4 Å². The standard InChI is InChI=1S/C9H11N3O/c1-7-3-2-5-12-8(4-6-13)10-11-9(7)12/h2-3,5,13H,4,6H2,1H3. The summed E-state index contributed by atoms with van der Waals surface area (Å²) in [5.41, 5.74) is 1.96. The average Bonchev–Trinajstić information content (AvgIpc) is 2.51. The molecule has 0 saturated heterocycles. The molecule has 0 unspecified atom stereocenters. The third kappa shape index (κ3) is 1.29. The minimum absolute atomic E-state index is 0.106. The lowest BCUT2D eigenvalue weighted by molar-refractivity contribution is 0.296. The van der Waals surface area contributed by atoms with E-state index in [4.69, 9.17) is 5.11 Å². The number of aryl methyl sites for hydroxylation is 1. The molecule has 0 aliphatic carbocycles. The molecule has 0 aliphatic heterocycles. The van der Waals surface area contributed by atoms with Crippen LogP contribution in [0.25, 0.3) is 5.65 Å². The van der Waals surface area contributed by atoms with Gasteiger partial charge >= 0.3 is 0 Å². The van der Waals surface area contributed by atoms with Gasteiger partial charge < -0.3 is 5.11 Å². The Morgan fingerprint density at radius 2 is 2.31 bits per heavy atom. The molecule has 13 heavy (non-hydrogen) atoms. The van der Waals surface area contributed by atoms with Crippen molar-refractivity contribution in [3.8, 4) is 0 Å². The maximum Gasteiger partial charge on any atom is 0.163 e. The van der Waals surface area contributed by atoms with Crippen molar-refractivity contribution in [3.05, 3.63) is 29.7 Å². The molecule has 4 heteroatoms. The van der Waals surface area contributed by atoms with E-state index < -0.39 is 0 Å². The van der Waals surface area contributed by atoms with Crippen molar-refractivity contribution in [2.24, 2.45) is 0 Å². The van der Waals surface area contributed by atoms with Crippen LogP contribution in [0, 0.1) is 6.92 Å². The van der Waals surface area contributed by atoms with Gasteiger partial charge in [-0.15, -0.1) is 10.2 Å². The summed E-state index contributed by atoms with van der Waals surface area (Å²) in [5.74, 6) is 0.807. The first-order valence-corrected chi connectivity index (χ1v) is 4.23. The average molecular weight is 177 g/mol. The maximum atomic E-state index is 8.79. The summed E-state index contributed by atoms with van der Waals surface area (Å²) >= 11 is 0. The lowest BCUT2D eigenvalue weighted by Crippen LogP contribution is -1.98. The number of hydrogen-bond donors (Lipinski definition) is 1. The fraction of sp³-hybridized carbons (Fsp3) is 0.333. The molecule has 0 aliphatic rings. The van der Waals surface area contributed by atoms with Gasteiger partial charge in [0.05, 0.1) is 6.61 Å². The molecule has 2 aromatic heterocycles. The normalized spacial score (nSPS) is 10.9. The number of aliphatic hydroxyl groups is 1. The fourth-order valence-corrected chi connectivity index (χ4v) is 1.37. The highest BCUT2D eigenvalue weighted by Crippen LogP contribution is 2.08. The van der Waals surface area contributed by atoms with Gasteiger partial charge in [-0.05, 0) is 18.6 Å². The Morgan fingerprint density at radius 3 is 3.08 bits per heavy atom. The largest absolute Gasteiger partial charge is 0.396 e. The van der Waals surface area contributed by atoms with E-state index >= 15 is 0 Å². The van der Waals surface area contributed by atoms with Crippen LogP contribution >= 0.6 is 0 Å². The van der Waals surface area contributed by atoms with Gasteiger partial charge in [0.1, 0.15) is 5.82 Å². The van der Waals surface area contributed by atoms with E-state index in [0.29, 0.717) is 6.42 Å². The zero-order valence-corrected chi connectivity index (χ0v) is 7.44. The van der Waals surface area contributed by atoms with Crippen LogP contribution in [-0.4, -0.2) is 26.3 Å². The first-order chi connectivity index (χ1) is 6.33. The number of aromatic nitrogens is 3. The SMILES string of the molecule is Cc1cccn2c(CCO)nnc12. The molecule has 68 valence electrons. The Bertz CT molecular complexity index is 422. The van der Waals surface area contributed by atoms with E-state index in [1.165, 1.54) is 0 Å². The molecule has 0 saturated carbocycles. The molecule has 2 rings (SSSR count). The molecular weight excluding hydrogens is 166 g/mol. The van der Waals surface area contributed by atoms with Gasteiger partial charge in [-0.3, -0.25) is 4.40 Å². The molecule has 0 fully saturated rings. The highest BCUT2D eigenvalue weighted by Gasteiger charge is 2.04. The first-order valence-electron chi connectivity index (χ1n) is 4.23. The lowest BCUT2D eigenvalue weighted by Gasteiger charge is -1.98. The minimum Gasteiger partial charge on any atom is -0.396 e. The molecule has 2 aromatic rings. The zero-order valence-electron chi connectivity index (χ0n) is 7.44. The number of rotatable bonds is 2. The number of fused-ring (bicyclic) bond motifs is 1. The van der Waals surface area contributed by atoms with Gasteiger partial charge in [0.25, 0.3) is 0 Å². The predicted molar refractivity (Wildman–Crippen MR) is 48.5 cm³/mol. The van der Waals surface area contributed by atoms with Crippen molar-refractivity contribution in [1.82, 2.24) is 14.6 Å². The van der Waals surface area contributed by atoms with E-state index in [1.807, 2.05) is 29.7 Å². The summed E-state index contributed by atoms with van der Waals surface area (Å²) in [6.45, 7) is 2.10. The molecule has 4 nitrogen and oxygen atoms in total. The van der Waals surface area contributed by atoms with Gasteiger partial charge in [-0.2, -0.15) is 0 Å². The van der Waals surface area contributed by atoms with Crippen molar-refractivity contribution in [1.29, 1.82) is 0 Å².